The molecule has 0 spiro atoms. The van der Waals surface area contributed by atoms with Gasteiger partial charge >= 0.3 is 0 Å². The third-order valence-electron chi connectivity index (χ3n) is 1.81. The van der Waals surface area contributed by atoms with Crippen LogP contribution in [-0.4, -0.2) is 17.3 Å². The minimum atomic E-state index is -0.455. The first-order chi connectivity index (χ1) is 6.09. The van der Waals surface area contributed by atoms with Crippen molar-refractivity contribution in [2.24, 2.45) is 0 Å². The monoisotopic (exact) mass is 244 g/mol. The fourth-order valence-electron chi connectivity index (χ4n) is 0.826. The van der Waals surface area contributed by atoms with Gasteiger partial charge in [0.05, 0.1) is 6.10 Å². The van der Waals surface area contributed by atoms with E-state index in [-0.39, 0.29) is 6.10 Å². The first kappa shape index (κ1) is 10.5. The number of ether oxygens (including phenoxy) is 1. The van der Waals surface area contributed by atoms with Crippen molar-refractivity contribution in [3.63, 3.8) is 0 Å². The van der Waals surface area contributed by atoms with Gasteiger partial charge in [0.25, 0.3) is 0 Å². The number of rotatable bonds is 3. The second-order valence-corrected chi connectivity index (χ2v) is 3.93. The average molecular weight is 245 g/mol. The molecule has 0 aliphatic heterocycles. The van der Waals surface area contributed by atoms with Gasteiger partial charge in [-0.05, 0) is 38.1 Å². The number of aliphatic hydroxyl groups is 1. The Kier molecular flexibility index (Phi) is 3.75. The number of aliphatic hydroxyl groups excluding tert-OH is 1. The van der Waals surface area contributed by atoms with Crippen LogP contribution in [0.4, 0.5) is 0 Å². The molecule has 0 saturated carbocycles. The Morgan fingerprint density at radius 2 is 1.77 bits per heavy atom. The topological polar surface area (TPSA) is 29.5 Å². The van der Waals surface area contributed by atoms with E-state index in [1.54, 1.807) is 6.92 Å². The number of benzene rings is 1. The third kappa shape index (κ3) is 3.36. The summed E-state index contributed by atoms with van der Waals surface area (Å²) in [4.78, 5) is 0. The molecule has 2 unspecified atom stereocenters. The van der Waals surface area contributed by atoms with Crippen LogP contribution in [0.25, 0.3) is 0 Å². The largest absolute Gasteiger partial charge is 0.488 e. The molecule has 0 amide bonds. The van der Waals surface area contributed by atoms with Gasteiger partial charge in [-0.2, -0.15) is 0 Å². The molecule has 0 aliphatic carbocycles. The van der Waals surface area contributed by atoms with E-state index in [1.807, 2.05) is 31.2 Å². The van der Waals surface area contributed by atoms with Crippen molar-refractivity contribution in [2.75, 3.05) is 0 Å². The zero-order chi connectivity index (χ0) is 9.84. The van der Waals surface area contributed by atoms with Crippen LogP contribution in [0.5, 0.6) is 5.75 Å². The smallest absolute Gasteiger partial charge is 0.121 e. The molecule has 1 rings (SSSR count). The maximum absolute atomic E-state index is 9.20. The van der Waals surface area contributed by atoms with Crippen molar-refractivity contribution >= 4 is 15.9 Å². The normalized spacial score (nSPS) is 15.1. The molecule has 3 heteroatoms. The van der Waals surface area contributed by atoms with Gasteiger partial charge < -0.3 is 9.84 Å². The molecular weight excluding hydrogens is 232 g/mol. The molecule has 1 aromatic rings. The molecule has 13 heavy (non-hydrogen) atoms. The molecule has 0 saturated heterocycles. The first-order valence-corrected chi connectivity index (χ1v) is 4.99. The Morgan fingerprint density at radius 1 is 1.23 bits per heavy atom. The summed E-state index contributed by atoms with van der Waals surface area (Å²) in [5.41, 5.74) is 0. The summed E-state index contributed by atoms with van der Waals surface area (Å²) in [7, 11) is 0. The minimum Gasteiger partial charge on any atom is -0.488 e. The van der Waals surface area contributed by atoms with Crippen LogP contribution >= 0.6 is 15.9 Å². The molecule has 0 bridgehead atoms. The maximum Gasteiger partial charge on any atom is 0.121 e. The zero-order valence-electron chi connectivity index (χ0n) is 7.70. The van der Waals surface area contributed by atoms with Gasteiger partial charge in [0, 0.05) is 4.47 Å². The second kappa shape index (κ2) is 4.63. The van der Waals surface area contributed by atoms with Gasteiger partial charge in [-0.25, -0.2) is 0 Å². The summed E-state index contributed by atoms with van der Waals surface area (Å²) in [6.07, 6.45) is -0.634. The highest BCUT2D eigenvalue weighted by Crippen LogP contribution is 2.17. The van der Waals surface area contributed by atoms with E-state index in [2.05, 4.69) is 15.9 Å². The fourth-order valence-corrected chi connectivity index (χ4v) is 1.09. The molecule has 72 valence electrons. The predicted molar refractivity (Wildman–Crippen MR) is 55.9 cm³/mol. The van der Waals surface area contributed by atoms with Crippen LogP contribution in [0.1, 0.15) is 13.8 Å². The fraction of sp³-hybridized carbons (Fsp3) is 0.400. The Labute approximate surface area is 86.7 Å². The van der Waals surface area contributed by atoms with Crippen LogP contribution in [-0.2, 0) is 0 Å². The lowest BCUT2D eigenvalue weighted by Crippen LogP contribution is -2.25. The molecule has 0 aliphatic rings. The average Bonchev–Trinajstić information content (AvgIpc) is 2.08. The highest BCUT2D eigenvalue weighted by molar-refractivity contribution is 9.10. The summed E-state index contributed by atoms with van der Waals surface area (Å²) in [5.74, 6) is 0.775. The Hall–Kier alpha value is -0.540. The SMILES string of the molecule is CC(O)C(C)Oc1ccc(Br)cc1. The minimum absolute atomic E-state index is 0.179. The van der Waals surface area contributed by atoms with E-state index >= 15 is 0 Å². The van der Waals surface area contributed by atoms with Gasteiger partial charge in [-0.15, -0.1) is 0 Å². The molecule has 1 N–H and O–H groups in total. The lowest BCUT2D eigenvalue weighted by molar-refractivity contribution is 0.0604. The van der Waals surface area contributed by atoms with Crippen LogP contribution < -0.4 is 4.74 Å². The lowest BCUT2D eigenvalue weighted by atomic mass is 10.2. The van der Waals surface area contributed by atoms with Gasteiger partial charge in [-0.1, -0.05) is 15.9 Å². The van der Waals surface area contributed by atoms with Gasteiger partial charge in [0.15, 0.2) is 0 Å². The van der Waals surface area contributed by atoms with Crippen LogP contribution in [0.15, 0.2) is 28.7 Å². The second-order valence-electron chi connectivity index (χ2n) is 3.02. The summed E-state index contributed by atoms with van der Waals surface area (Å²) >= 11 is 3.34. The van der Waals surface area contributed by atoms with E-state index in [9.17, 15) is 5.11 Å². The van der Waals surface area contributed by atoms with Crippen LogP contribution in [0.3, 0.4) is 0 Å². The lowest BCUT2D eigenvalue weighted by Gasteiger charge is -2.16. The van der Waals surface area contributed by atoms with Crippen molar-refractivity contribution in [1.29, 1.82) is 0 Å². The summed E-state index contributed by atoms with van der Waals surface area (Å²) in [6.45, 7) is 3.55. The van der Waals surface area contributed by atoms with Gasteiger partial charge in [-0.3, -0.25) is 0 Å². The van der Waals surface area contributed by atoms with Crippen molar-refractivity contribution in [2.45, 2.75) is 26.1 Å². The van der Waals surface area contributed by atoms with Crippen molar-refractivity contribution in [3.05, 3.63) is 28.7 Å². The third-order valence-corrected chi connectivity index (χ3v) is 2.34. The molecule has 0 heterocycles. The maximum atomic E-state index is 9.20. The zero-order valence-corrected chi connectivity index (χ0v) is 9.28. The molecular formula is C10H13BrO2. The molecule has 1 aromatic carbocycles. The van der Waals surface area contributed by atoms with Crippen LogP contribution in [0, 0.1) is 0 Å². The Balaban J connectivity index is 2.59. The standard InChI is InChI=1S/C10H13BrO2/c1-7(12)8(2)13-10-5-3-9(11)4-6-10/h3-8,12H,1-2H3. The van der Waals surface area contributed by atoms with E-state index in [4.69, 9.17) is 4.74 Å². The Bertz CT molecular complexity index is 256. The van der Waals surface area contributed by atoms with E-state index < -0.39 is 6.10 Å². The van der Waals surface area contributed by atoms with Gasteiger partial charge in [0.1, 0.15) is 11.9 Å². The molecule has 2 atom stereocenters. The first-order valence-electron chi connectivity index (χ1n) is 4.20. The molecule has 0 fully saturated rings. The van der Waals surface area contributed by atoms with E-state index in [0.29, 0.717) is 0 Å². The highest BCUT2D eigenvalue weighted by atomic mass is 79.9. The summed E-state index contributed by atoms with van der Waals surface area (Å²) < 4.78 is 6.48. The highest BCUT2D eigenvalue weighted by Gasteiger charge is 2.09. The quantitative estimate of drug-likeness (QED) is 0.886. The molecule has 0 aromatic heterocycles. The van der Waals surface area contributed by atoms with Crippen molar-refractivity contribution < 1.29 is 9.84 Å². The van der Waals surface area contributed by atoms with Gasteiger partial charge in [0.2, 0.25) is 0 Å². The number of halogens is 1. The Morgan fingerprint density at radius 3 is 2.23 bits per heavy atom. The number of hydrogen-bond donors (Lipinski definition) is 1. The summed E-state index contributed by atoms with van der Waals surface area (Å²) in [6, 6.07) is 7.54. The summed E-state index contributed by atoms with van der Waals surface area (Å²) in [5, 5.41) is 9.20. The molecule has 0 radical (unpaired) electrons. The van der Waals surface area contributed by atoms with E-state index in [0.717, 1.165) is 10.2 Å². The van der Waals surface area contributed by atoms with Crippen molar-refractivity contribution in [1.82, 2.24) is 0 Å². The van der Waals surface area contributed by atoms with Crippen molar-refractivity contribution in [3.8, 4) is 5.75 Å². The number of hydrogen-bond acceptors (Lipinski definition) is 2. The predicted octanol–water partition coefficient (Wildman–Crippen LogP) is 2.60. The van der Waals surface area contributed by atoms with Crippen LogP contribution in [0.2, 0.25) is 0 Å². The van der Waals surface area contributed by atoms with E-state index in [1.165, 1.54) is 0 Å². The molecule has 2 nitrogen and oxygen atoms in total.